The molecule has 1 fully saturated rings. The summed E-state index contributed by atoms with van der Waals surface area (Å²) in [5, 5.41) is -3.88. The lowest BCUT2D eigenvalue weighted by Gasteiger charge is -2.17. The lowest BCUT2D eigenvalue weighted by atomic mass is 10.2. The van der Waals surface area contributed by atoms with Gasteiger partial charge < -0.3 is 5.32 Å². The molecule has 3 amide bonds. The van der Waals surface area contributed by atoms with Crippen LogP contribution in [0.3, 0.4) is 0 Å². The van der Waals surface area contributed by atoms with Gasteiger partial charge in [-0.3, -0.25) is 4.79 Å². The predicted molar refractivity (Wildman–Crippen MR) is 80.0 cm³/mol. The molecule has 1 atom stereocenters. The fourth-order valence-electron chi connectivity index (χ4n) is 1.63. The molecular formula is C12H9F4N3O4S2. The Labute approximate surface area is 142 Å². The molecule has 0 saturated carbocycles. The molecule has 13 heteroatoms. The van der Waals surface area contributed by atoms with Crippen LogP contribution in [-0.4, -0.2) is 36.7 Å². The summed E-state index contributed by atoms with van der Waals surface area (Å²) >= 11 is -0.678. The second-order valence-electron chi connectivity index (χ2n) is 4.79. The summed E-state index contributed by atoms with van der Waals surface area (Å²) in [5.41, 5.74) is 0.752. The van der Waals surface area contributed by atoms with Crippen molar-refractivity contribution in [3.8, 4) is 0 Å². The molecular weight excluding hydrogens is 390 g/mol. The third kappa shape index (κ3) is 3.92. The van der Waals surface area contributed by atoms with Crippen molar-refractivity contribution < 1.29 is 35.6 Å². The van der Waals surface area contributed by atoms with E-state index in [-0.39, 0.29) is 4.90 Å². The van der Waals surface area contributed by atoms with E-state index in [1.807, 2.05) is 0 Å². The molecule has 1 saturated heterocycles. The number of aliphatic imine (C=N–C) groups is 1. The highest BCUT2D eigenvalue weighted by molar-refractivity contribution is 8.16. The van der Waals surface area contributed by atoms with E-state index >= 15 is 0 Å². The first-order valence-electron chi connectivity index (χ1n) is 6.33. The van der Waals surface area contributed by atoms with Crippen molar-refractivity contribution in [3.05, 3.63) is 29.8 Å². The Bertz CT molecular complexity index is 852. The van der Waals surface area contributed by atoms with E-state index in [4.69, 9.17) is 0 Å². The normalized spacial score (nSPS) is 22.8. The van der Waals surface area contributed by atoms with Gasteiger partial charge in [0, 0.05) is 0 Å². The predicted octanol–water partition coefficient (Wildman–Crippen LogP) is 1.84. The fraction of sp³-hybridized carbons (Fsp3) is 0.250. The third-order valence-corrected chi connectivity index (χ3v) is 5.29. The molecule has 1 aliphatic heterocycles. The topological polar surface area (TPSA) is 105 Å². The van der Waals surface area contributed by atoms with Crippen LogP contribution in [0.25, 0.3) is 0 Å². The van der Waals surface area contributed by atoms with E-state index in [1.165, 1.54) is 34.3 Å². The molecule has 25 heavy (non-hydrogen) atoms. The molecule has 0 unspecified atom stereocenters. The summed E-state index contributed by atoms with van der Waals surface area (Å²) in [4.78, 5) is 25.3. The zero-order chi connectivity index (χ0) is 19.0. The summed E-state index contributed by atoms with van der Waals surface area (Å²) in [5.74, 6) is -2.06. The first-order chi connectivity index (χ1) is 11.3. The maximum atomic E-state index is 13.6. The number of aryl methyl sites for hydroxylation is 1. The number of benzene rings is 1. The molecule has 2 N–H and O–H groups in total. The van der Waals surface area contributed by atoms with Crippen LogP contribution in [0, 0.1) is 6.92 Å². The van der Waals surface area contributed by atoms with Crippen molar-refractivity contribution in [2.45, 2.75) is 23.0 Å². The number of amides is 3. The van der Waals surface area contributed by atoms with E-state index in [1.54, 1.807) is 6.92 Å². The van der Waals surface area contributed by atoms with Gasteiger partial charge in [0.25, 0.3) is 15.9 Å². The molecule has 1 heterocycles. The zero-order valence-corrected chi connectivity index (χ0v) is 13.9. The van der Waals surface area contributed by atoms with E-state index < -0.39 is 50.1 Å². The van der Waals surface area contributed by atoms with Crippen LogP contribution in [0.1, 0.15) is 5.56 Å². The highest BCUT2D eigenvalue weighted by atomic mass is 32.2. The SMILES string of the molecule is Cc1ccc(S(=O)(=O)NC(=O)N=C2NC(=O)[C@](F)(C(F)(F)F)S2)cc1. The van der Waals surface area contributed by atoms with E-state index in [2.05, 4.69) is 4.99 Å². The highest BCUT2D eigenvalue weighted by Gasteiger charge is 2.67. The van der Waals surface area contributed by atoms with Crippen molar-refractivity contribution in [2.75, 3.05) is 0 Å². The number of carbonyl (C=O) groups is 2. The maximum absolute atomic E-state index is 13.6. The maximum Gasteiger partial charge on any atom is 0.442 e. The van der Waals surface area contributed by atoms with Crippen molar-refractivity contribution >= 4 is 38.9 Å². The minimum atomic E-state index is -5.54. The van der Waals surface area contributed by atoms with Crippen LogP contribution < -0.4 is 10.0 Å². The van der Waals surface area contributed by atoms with Gasteiger partial charge in [-0.2, -0.15) is 18.2 Å². The number of nitrogens with one attached hydrogen (secondary N) is 2. The molecule has 7 nitrogen and oxygen atoms in total. The Kier molecular flexibility index (Phi) is 4.83. The summed E-state index contributed by atoms with van der Waals surface area (Å²) in [6.07, 6.45) is -5.54. The van der Waals surface area contributed by atoms with Gasteiger partial charge in [-0.1, -0.05) is 17.7 Å². The molecule has 0 bridgehead atoms. The van der Waals surface area contributed by atoms with Gasteiger partial charge in [-0.05, 0) is 30.8 Å². The van der Waals surface area contributed by atoms with E-state index in [0.29, 0.717) is 0 Å². The van der Waals surface area contributed by atoms with Gasteiger partial charge in [-0.25, -0.2) is 22.3 Å². The minimum absolute atomic E-state index is 0.287. The molecule has 1 aromatic rings. The Hall–Kier alpha value is -2.15. The number of alkyl halides is 4. The molecule has 0 aromatic heterocycles. The minimum Gasteiger partial charge on any atom is -0.301 e. The number of thioether (sulfide) groups is 1. The number of halogens is 4. The number of nitrogens with zero attached hydrogens (tertiary/aromatic N) is 1. The number of sulfonamides is 1. The smallest absolute Gasteiger partial charge is 0.301 e. The quantitative estimate of drug-likeness (QED) is 0.739. The lowest BCUT2D eigenvalue weighted by molar-refractivity contribution is -0.195. The Morgan fingerprint density at radius 2 is 1.84 bits per heavy atom. The second-order valence-corrected chi connectivity index (χ2v) is 7.63. The molecule has 136 valence electrons. The Morgan fingerprint density at radius 3 is 2.32 bits per heavy atom. The standard InChI is InChI=1S/C12H9F4N3O4S2/c1-6-2-4-7(5-3-6)25(22,23)19-9(21)18-10-17-8(20)11(13,24-10)12(14,15)16/h2-5H,1H3,(H2,17,18,19,20,21)/t11-/m1/s1. The van der Waals surface area contributed by atoms with Gasteiger partial charge in [0.15, 0.2) is 5.17 Å². The average Bonchev–Trinajstić information content (AvgIpc) is 2.73. The van der Waals surface area contributed by atoms with Crippen molar-refractivity contribution in [2.24, 2.45) is 4.99 Å². The third-order valence-electron chi connectivity index (χ3n) is 2.87. The Balaban J connectivity index is 2.16. The number of rotatable bonds is 2. The van der Waals surface area contributed by atoms with Gasteiger partial charge in [0.1, 0.15) is 0 Å². The number of carbonyl (C=O) groups excluding carboxylic acids is 2. The van der Waals surface area contributed by atoms with Gasteiger partial charge in [0.2, 0.25) is 0 Å². The fourth-order valence-corrected chi connectivity index (χ4v) is 3.31. The molecule has 2 rings (SSSR count). The molecule has 1 aliphatic rings. The summed E-state index contributed by atoms with van der Waals surface area (Å²) in [7, 11) is -4.33. The van der Waals surface area contributed by atoms with Crippen LogP contribution >= 0.6 is 11.8 Å². The average molecular weight is 399 g/mol. The molecule has 0 radical (unpaired) electrons. The highest BCUT2D eigenvalue weighted by Crippen LogP contribution is 2.46. The van der Waals surface area contributed by atoms with Crippen LogP contribution in [0.5, 0.6) is 0 Å². The lowest BCUT2D eigenvalue weighted by Crippen LogP contribution is -2.45. The van der Waals surface area contributed by atoms with Crippen molar-refractivity contribution in [1.29, 1.82) is 0 Å². The molecule has 1 aromatic carbocycles. The van der Waals surface area contributed by atoms with E-state index in [9.17, 15) is 35.6 Å². The first-order valence-corrected chi connectivity index (χ1v) is 8.63. The van der Waals surface area contributed by atoms with Crippen LogP contribution in [-0.2, 0) is 14.8 Å². The Morgan fingerprint density at radius 1 is 1.28 bits per heavy atom. The number of urea groups is 1. The monoisotopic (exact) mass is 399 g/mol. The number of hydrogen-bond acceptors (Lipinski definition) is 5. The largest absolute Gasteiger partial charge is 0.442 e. The first kappa shape index (κ1) is 19.2. The van der Waals surface area contributed by atoms with E-state index in [0.717, 1.165) is 5.56 Å². The van der Waals surface area contributed by atoms with Crippen molar-refractivity contribution in [3.63, 3.8) is 0 Å². The van der Waals surface area contributed by atoms with Crippen LogP contribution in [0.2, 0.25) is 0 Å². The second kappa shape index (κ2) is 6.29. The number of hydrogen-bond donors (Lipinski definition) is 2. The molecule has 0 aliphatic carbocycles. The van der Waals surface area contributed by atoms with Gasteiger partial charge in [0.05, 0.1) is 4.90 Å². The zero-order valence-electron chi connectivity index (χ0n) is 12.2. The van der Waals surface area contributed by atoms with Crippen molar-refractivity contribution in [1.82, 2.24) is 10.0 Å². The van der Waals surface area contributed by atoms with Crippen LogP contribution in [0.15, 0.2) is 34.2 Å². The molecule has 0 spiro atoms. The summed E-state index contributed by atoms with van der Waals surface area (Å²) in [6.45, 7) is 1.70. The van der Waals surface area contributed by atoms with Crippen LogP contribution in [0.4, 0.5) is 22.4 Å². The summed E-state index contributed by atoms with van der Waals surface area (Å²) < 4.78 is 76.6. The van der Waals surface area contributed by atoms with Gasteiger partial charge in [-0.15, -0.1) is 0 Å². The van der Waals surface area contributed by atoms with Gasteiger partial charge >= 0.3 is 17.2 Å². The summed E-state index contributed by atoms with van der Waals surface area (Å²) in [6, 6.07) is 3.72. The number of amidine groups is 1.